The third-order valence-electron chi connectivity index (χ3n) is 5.53. The van der Waals surface area contributed by atoms with Crippen molar-refractivity contribution in [3.05, 3.63) is 91.9 Å². The Kier molecular flexibility index (Phi) is 11.7. The monoisotopic (exact) mass is 633 g/mol. The zero-order valence-corrected chi connectivity index (χ0v) is 24.9. The van der Waals surface area contributed by atoms with Gasteiger partial charge in [0.05, 0.1) is 20.7 Å². The highest BCUT2D eigenvalue weighted by Crippen LogP contribution is 2.28. The van der Waals surface area contributed by atoms with Gasteiger partial charge >= 0.3 is 0 Å². The van der Waals surface area contributed by atoms with Crippen molar-refractivity contribution in [2.24, 2.45) is 11.0 Å². The largest absolute Gasteiger partial charge is 0.488 e. The maximum Gasteiger partial charge on any atom is 0.262 e. The molecule has 0 radical (unpaired) electrons. The first kappa shape index (κ1) is 30.5. The first-order valence-corrected chi connectivity index (χ1v) is 13.8. The van der Waals surface area contributed by atoms with E-state index in [1.165, 1.54) is 6.21 Å². The van der Waals surface area contributed by atoms with E-state index in [-0.39, 0.29) is 18.4 Å². The number of para-hydroxylation sites is 1. The SMILES string of the molecule is Cc1ccccc1OCC(=O)N[C@@H](CC(C)C)C(=O)N/N=C\c1ccc(OCc2ccc(Cl)c(Cl)c2)c(Br)c1. The van der Waals surface area contributed by atoms with E-state index in [0.29, 0.717) is 34.6 Å². The fourth-order valence-corrected chi connectivity index (χ4v) is 4.39. The molecule has 0 aromatic heterocycles. The summed E-state index contributed by atoms with van der Waals surface area (Å²) in [6, 6.07) is 17.4. The zero-order chi connectivity index (χ0) is 28.4. The smallest absolute Gasteiger partial charge is 0.262 e. The molecule has 206 valence electrons. The van der Waals surface area contributed by atoms with Crippen LogP contribution in [0.4, 0.5) is 0 Å². The number of aryl methyl sites for hydroxylation is 1. The highest BCUT2D eigenvalue weighted by Gasteiger charge is 2.22. The molecule has 0 spiro atoms. The number of hydrogen-bond acceptors (Lipinski definition) is 5. The highest BCUT2D eigenvalue weighted by atomic mass is 79.9. The van der Waals surface area contributed by atoms with E-state index in [1.807, 2.05) is 51.1 Å². The third kappa shape index (κ3) is 9.88. The Morgan fingerprint density at radius 1 is 1.00 bits per heavy atom. The summed E-state index contributed by atoms with van der Waals surface area (Å²) >= 11 is 15.5. The van der Waals surface area contributed by atoms with E-state index in [2.05, 4.69) is 31.8 Å². The molecule has 2 amide bonds. The predicted octanol–water partition coefficient (Wildman–Crippen LogP) is 6.70. The molecular weight excluding hydrogens is 605 g/mol. The summed E-state index contributed by atoms with van der Waals surface area (Å²) in [6.45, 7) is 5.98. The highest BCUT2D eigenvalue weighted by molar-refractivity contribution is 9.10. The molecule has 0 saturated heterocycles. The average molecular weight is 635 g/mol. The van der Waals surface area contributed by atoms with Crippen molar-refractivity contribution >= 4 is 57.2 Å². The fraction of sp³-hybridized carbons (Fsp3) is 0.276. The summed E-state index contributed by atoms with van der Waals surface area (Å²) in [5.41, 5.74) is 5.07. The van der Waals surface area contributed by atoms with E-state index in [0.717, 1.165) is 21.2 Å². The van der Waals surface area contributed by atoms with E-state index in [9.17, 15) is 9.59 Å². The van der Waals surface area contributed by atoms with Crippen molar-refractivity contribution in [3.63, 3.8) is 0 Å². The number of hydrazone groups is 1. The van der Waals surface area contributed by atoms with Gasteiger partial charge in [-0.15, -0.1) is 0 Å². The molecule has 0 saturated carbocycles. The Morgan fingerprint density at radius 3 is 2.46 bits per heavy atom. The van der Waals surface area contributed by atoms with Gasteiger partial charge in [-0.3, -0.25) is 9.59 Å². The molecule has 3 aromatic rings. The second-order valence-electron chi connectivity index (χ2n) is 9.27. The molecule has 0 heterocycles. The third-order valence-corrected chi connectivity index (χ3v) is 6.89. The number of halogens is 3. The molecule has 2 N–H and O–H groups in total. The maximum absolute atomic E-state index is 12.8. The molecule has 0 aliphatic rings. The normalized spacial score (nSPS) is 11.9. The van der Waals surface area contributed by atoms with Gasteiger partial charge in [0, 0.05) is 0 Å². The van der Waals surface area contributed by atoms with E-state index < -0.39 is 11.9 Å². The molecule has 1 atom stereocenters. The van der Waals surface area contributed by atoms with E-state index >= 15 is 0 Å². The Balaban J connectivity index is 1.53. The minimum absolute atomic E-state index is 0.176. The van der Waals surface area contributed by atoms with Crippen LogP contribution in [0.1, 0.15) is 37.0 Å². The molecule has 0 aliphatic carbocycles. The van der Waals surface area contributed by atoms with Crippen molar-refractivity contribution in [1.29, 1.82) is 0 Å². The fourth-order valence-electron chi connectivity index (χ4n) is 3.55. The van der Waals surface area contributed by atoms with Crippen LogP contribution in [0.2, 0.25) is 10.0 Å². The van der Waals surface area contributed by atoms with Crippen LogP contribution in [-0.4, -0.2) is 30.7 Å². The van der Waals surface area contributed by atoms with Crippen molar-refractivity contribution in [2.45, 2.75) is 39.8 Å². The van der Waals surface area contributed by atoms with E-state index in [1.54, 1.807) is 30.3 Å². The minimum Gasteiger partial charge on any atom is -0.488 e. The number of benzene rings is 3. The van der Waals surface area contributed by atoms with Crippen LogP contribution in [-0.2, 0) is 16.2 Å². The number of ether oxygens (including phenoxy) is 2. The standard InChI is InChI=1S/C29H30BrCl2N3O4/c1-18(2)12-25(34-28(36)17-39-26-7-5-4-6-19(26)3)29(37)35-33-15-20-9-11-27(22(30)13-20)38-16-21-8-10-23(31)24(32)14-21/h4-11,13-15,18,25H,12,16-17H2,1-3H3,(H,34,36)(H,35,37)/b33-15-/t25-/m0/s1. The van der Waals surface area contributed by atoms with Gasteiger partial charge in [-0.1, -0.05) is 61.3 Å². The molecule has 0 unspecified atom stereocenters. The van der Waals surface area contributed by atoms with Crippen LogP contribution in [0, 0.1) is 12.8 Å². The summed E-state index contributed by atoms with van der Waals surface area (Å²) in [7, 11) is 0. The van der Waals surface area contributed by atoms with E-state index in [4.69, 9.17) is 32.7 Å². The van der Waals surface area contributed by atoms with Crippen LogP contribution in [0.5, 0.6) is 11.5 Å². The minimum atomic E-state index is -0.751. The number of hydrogen-bond donors (Lipinski definition) is 2. The lowest BCUT2D eigenvalue weighted by atomic mass is 10.0. The summed E-state index contributed by atoms with van der Waals surface area (Å²) in [6.07, 6.45) is 1.97. The topological polar surface area (TPSA) is 89.0 Å². The van der Waals surface area contributed by atoms with Crippen LogP contribution in [0.3, 0.4) is 0 Å². The van der Waals surface area contributed by atoms with Gasteiger partial charge in [-0.2, -0.15) is 5.10 Å². The van der Waals surface area contributed by atoms with Crippen LogP contribution < -0.4 is 20.2 Å². The Hall–Kier alpha value is -3.07. The molecule has 0 aliphatic heterocycles. The van der Waals surface area contributed by atoms with Crippen molar-refractivity contribution in [3.8, 4) is 11.5 Å². The van der Waals surface area contributed by atoms with Crippen LogP contribution in [0.15, 0.2) is 70.2 Å². The lowest BCUT2D eigenvalue weighted by Crippen LogP contribution is -2.47. The first-order chi connectivity index (χ1) is 18.6. The quantitative estimate of drug-likeness (QED) is 0.171. The number of nitrogens with one attached hydrogen (secondary N) is 2. The summed E-state index contributed by atoms with van der Waals surface area (Å²) in [5.74, 6) is 0.636. The first-order valence-electron chi connectivity index (χ1n) is 12.3. The summed E-state index contributed by atoms with van der Waals surface area (Å²) in [4.78, 5) is 25.3. The Morgan fingerprint density at radius 2 is 1.77 bits per heavy atom. The predicted molar refractivity (Wildman–Crippen MR) is 159 cm³/mol. The molecule has 3 aromatic carbocycles. The number of amides is 2. The van der Waals surface area contributed by atoms with Crippen molar-refractivity contribution in [2.75, 3.05) is 6.61 Å². The van der Waals surface area contributed by atoms with Gasteiger partial charge in [0.15, 0.2) is 6.61 Å². The number of carbonyl (C=O) groups excluding carboxylic acids is 2. The number of rotatable bonds is 12. The lowest BCUT2D eigenvalue weighted by molar-refractivity contribution is -0.130. The van der Waals surface area contributed by atoms with Crippen LogP contribution in [0.25, 0.3) is 0 Å². The maximum atomic E-state index is 12.8. The van der Waals surface area contributed by atoms with Gasteiger partial charge < -0.3 is 14.8 Å². The van der Waals surface area contributed by atoms with Gasteiger partial charge in [-0.05, 0) is 88.3 Å². The molecule has 7 nitrogen and oxygen atoms in total. The molecule has 39 heavy (non-hydrogen) atoms. The van der Waals surface area contributed by atoms with Gasteiger partial charge in [0.1, 0.15) is 24.1 Å². The van der Waals surface area contributed by atoms with Crippen molar-refractivity contribution in [1.82, 2.24) is 10.7 Å². The second kappa shape index (κ2) is 14.9. The van der Waals surface area contributed by atoms with Crippen molar-refractivity contribution < 1.29 is 19.1 Å². The Bertz CT molecular complexity index is 1330. The zero-order valence-electron chi connectivity index (χ0n) is 21.8. The molecule has 0 fully saturated rings. The molecular formula is C29H30BrCl2N3O4. The van der Waals surface area contributed by atoms with Gasteiger partial charge in [-0.25, -0.2) is 5.43 Å². The second-order valence-corrected chi connectivity index (χ2v) is 10.9. The van der Waals surface area contributed by atoms with Gasteiger partial charge in [0.2, 0.25) is 0 Å². The lowest BCUT2D eigenvalue weighted by Gasteiger charge is -2.19. The summed E-state index contributed by atoms with van der Waals surface area (Å²) in [5, 5.41) is 7.77. The number of carbonyl (C=O) groups is 2. The number of nitrogens with zero attached hydrogens (tertiary/aromatic N) is 1. The molecule has 0 bridgehead atoms. The molecule has 10 heteroatoms. The Labute approximate surface area is 247 Å². The van der Waals surface area contributed by atoms with Crippen LogP contribution >= 0.6 is 39.1 Å². The van der Waals surface area contributed by atoms with Gasteiger partial charge in [0.25, 0.3) is 11.8 Å². The molecule has 3 rings (SSSR count). The average Bonchev–Trinajstić information content (AvgIpc) is 2.89. The summed E-state index contributed by atoms with van der Waals surface area (Å²) < 4.78 is 12.2.